The molecule has 0 aliphatic carbocycles. The molecule has 21 heavy (non-hydrogen) atoms. The Morgan fingerprint density at radius 1 is 1.48 bits per heavy atom. The van der Waals surface area contributed by atoms with Crippen molar-refractivity contribution in [3.63, 3.8) is 0 Å². The molecule has 0 bridgehead atoms. The fourth-order valence-electron chi connectivity index (χ4n) is 2.15. The van der Waals surface area contributed by atoms with Gasteiger partial charge in [0.25, 0.3) is 5.69 Å². The number of hydrogen-bond donors (Lipinski definition) is 2. The van der Waals surface area contributed by atoms with Crippen LogP contribution in [0.2, 0.25) is 0 Å². The average molecular weight is 311 g/mol. The zero-order valence-electron chi connectivity index (χ0n) is 12.5. The van der Waals surface area contributed by atoms with E-state index in [1.807, 2.05) is 13.8 Å². The fourth-order valence-corrected chi connectivity index (χ4v) is 3.32. The van der Waals surface area contributed by atoms with E-state index in [2.05, 4.69) is 5.32 Å². The molecule has 2 unspecified atom stereocenters. The van der Waals surface area contributed by atoms with E-state index in [1.165, 1.54) is 12.1 Å². The maximum atomic E-state index is 11.6. The first kappa shape index (κ1) is 17.5. The van der Waals surface area contributed by atoms with Crippen LogP contribution in [0.1, 0.15) is 27.2 Å². The summed E-state index contributed by atoms with van der Waals surface area (Å²) in [5, 5.41) is 13.9. The lowest BCUT2D eigenvalue weighted by molar-refractivity contribution is -0.384. The van der Waals surface area contributed by atoms with Crippen LogP contribution in [0.4, 0.5) is 5.69 Å². The average Bonchev–Trinajstić information content (AvgIpc) is 2.39. The van der Waals surface area contributed by atoms with Gasteiger partial charge in [-0.05, 0) is 32.0 Å². The van der Waals surface area contributed by atoms with E-state index in [9.17, 15) is 14.9 Å². The van der Waals surface area contributed by atoms with Gasteiger partial charge in [0.2, 0.25) is 5.91 Å². The van der Waals surface area contributed by atoms with Crippen LogP contribution in [0.25, 0.3) is 0 Å². The highest BCUT2D eigenvalue weighted by atomic mass is 32.2. The Hall–Kier alpha value is -1.60. The third-order valence-corrected chi connectivity index (χ3v) is 4.30. The Morgan fingerprint density at radius 2 is 2.05 bits per heavy atom. The van der Waals surface area contributed by atoms with E-state index in [-0.39, 0.29) is 16.8 Å². The lowest BCUT2D eigenvalue weighted by Crippen LogP contribution is -2.54. The van der Waals surface area contributed by atoms with E-state index in [0.717, 1.165) is 4.90 Å². The number of amides is 1. The second-order valence-corrected chi connectivity index (χ2v) is 6.62. The molecule has 3 N–H and O–H groups in total. The molecule has 1 rings (SSSR count). The molecule has 1 amide bonds. The van der Waals surface area contributed by atoms with E-state index in [4.69, 9.17) is 5.73 Å². The first-order valence-corrected chi connectivity index (χ1v) is 7.62. The maximum Gasteiger partial charge on any atom is 0.269 e. The minimum Gasteiger partial charge on any atom is -0.368 e. The number of nitrogens with two attached hydrogens (primary N) is 1. The molecule has 0 spiro atoms. The number of primary amides is 1. The van der Waals surface area contributed by atoms with Crippen LogP contribution in [-0.2, 0) is 4.79 Å². The number of carbonyl (C=O) groups excluding carboxylic acids is 1. The quantitative estimate of drug-likeness (QED) is 0.436. The Kier molecular flexibility index (Phi) is 6.17. The van der Waals surface area contributed by atoms with Gasteiger partial charge in [0, 0.05) is 22.3 Å². The van der Waals surface area contributed by atoms with Crippen molar-refractivity contribution in [3.8, 4) is 0 Å². The summed E-state index contributed by atoms with van der Waals surface area (Å²) in [6.45, 7) is 6.39. The SMILES string of the molecule is CCNC(C)(CC(C)Sc1ccc([N+](=O)[O-])cc1)C(N)=O. The van der Waals surface area contributed by atoms with Crippen LogP contribution in [0.5, 0.6) is 0 Å². The number of likely N-dealkylation sites (N-methyl/N-ethyl adjacent to an activating group) is 1. The summed E-state index contributed by atoms with van der Waals surface area (Å²) in [7, 11) is 0. The minimum atomic E-state index is -0.748. The molecule has 0 fully saturated rings. The fraction of sp³-hybridized carbons (Fsp3) is 0.500. The molecule has 0 radical (unpaired) electrons. The van der Waals surface area contributed by atoms with Gasteiger partial charge >= 0.3 is 0 Å². The van der Waals surface area contributed by atoms with Crippen LogP contribution in [0.3, 0.4) is 0 Å². The number of nitro groups is 1. The molecular weight excluding hydrogens is 290 g/mol. The molecule has 7 heteroatoms. The third-order valence-electron chi connectivity index (χ3n) is 3.19. The number of nitrogens with one attached hydrogen (secondary N) is 1. The topological polar surface area (TPSA) is 98.3 Å². The number of benzene rings is 1. The van der Waals surface area contributed by atoms with Crippen molar-refractivity contribution in [1.29, 1.82) is 0 Å². The summed E-state index contributed by atoms with van der Waals surface area (Å²) in [6.07, 6.45) is 0.581. The summed E-state index contributed by atoms with van der Waals surface area (Å²) in [5.74, 6) is -0.375. The van der Waals surface area contributed by atoms with E-state index in [0.29, 0.717) is 13.0 Å². The van der Waals surface area contributed by atoms with Gasteiger partial charge in [-0.3, -0.25) is 14.9 Å². The van der Waals surface area contributed by atoms with Crippen LogP contribution < -0.4 is 11.1 Å². The summed E-state index contributed by atoms with van der Waals surface area (Å²) in [6, 6.07) is 6.39. The highest BCUT2D eigenvalue weighted by molar-refractivity contribution is 7.99. The second-order valence-electron chi connectivity index (χ2n) is 5.11. The Bertz CT molecular complexity index is 507. The van der Waals surface area contributed by atoms with Gasteiger partial charge in [-0.25, -0.2) is 0 Å². The third kappa shape index (κ3) is 5.02. The smallest absolute Gasteiger partial charge is 0.269 e. The number of carbonyl (C=O) groups is 1. The van der Waals surface area contributed by atoms with Crippen LogP contribution >= 0.6 is 11.8 Å². The van der Waals surface area contributed by atoms with Gasteiger partial charge in [-0.2, -0.15) is 0 Å². The van der Waals surface area contributed by atoms with Crippen molar-refractivity contribution in [2.75, 3.05) is 6.54 Å². The molecule has 0 saturated heterocycles. The van der Waals surface area contributed by atoms with Crippen molar-refractivity contribution in [3.05, 3.63) is 34.4 Å². The van der Waals surface area contributed by atoms with E-state index < -0.39 is 10.5 Å². The van der Waals surface area contributed by atoms with E-state index >= 15 is 0 Å². The summed E-state index contributed by atoms with van der Waals surface area (Å²) >= 11 is 1.56. The molecule has 1 aromatic carbocycles. The summed E-state index contributed by atoms with van der Waals surface area (Å²) in [4.78, 5) is 22.7. The molecule has 1 aromatic rings. The molecular formula is C14H21N3O3S. The van der Waals surface area contributed by atoms with E-state index in [1.54, 1.807) is 30.8 Å². The molecule has 0 aliphatic heterocycles. The Labute approximate surface area is 128 Å². The van der Waals surface area contributed by atoms with Gasteiger partial charge < -0.3 is 11.1 Å². The molecule has 116 valence electrons. The first-order chi connectivity index (χ1) is 9.78. The van der Waals surface area contributed by atoms with Crippen molar-refractivity contribution in [2.45, 2.75) is 42.9 Å². The summed E-state index contributed by atoms with van der Waals surface area (Å²) in [5.41, 5.74) is 4.79. The molecule has 0 saturated carbocycles. The second kappa shape index (κ2) is 7.42. The molecule has 6 nitrogen and oxygen atoms in total. The predicted octanol–water partition coefficient (Wildman–Crippen LogP) is 2.32. The van der Waals surface area contributed by atoms with Crippen LogP contribution in [-0.4, -0.2) is 28.2 Å². The highest BCUT2D eigenvalue weighted by Crippen LogP contribution is 2.29. The van der Waals surface area contributed by atoms with Gasteiger partial charge in [-0.15, -0.1) is 11.8 Å². The Morgan fingerprint density at radius 3 is 2.48 bits per heavy atom. The standard InChI is InChI=1S/C14H21N3O3S/c1-4-16-14(3,13(15)18)9-10(2)21-12-7-5-11(6-8-12)17(19)20/h5-8,10,16H,4,9H2,1-3H3,(H2,15,18). The maximum absolute atomic E-state index is 11.6. The number of nitro benzene ring substituents is 1. The van der Waals surface area contributed by atoms with Gasteiger partial charge in [0.15, 0.2) is 0 Å². The number of hydrogen-bond acceptors (Lipinski definition) is 5. The van der Waals surface area contributed by atoms with Crippen molar-refractivity contribution in [2.24, 2.45) is 5.73 Å². The van der Waals surface area contributed by atoms with Crippen molar-refractivity contribution < 1.29 is 9.72 Å². The highest BCUT2D eigenvalue weighted by Gasteiger charge is 2.31. The number of rotatable bonds is 8. The Balaban J connectivity index is 2.69. The molecule has 0 aromatic heterocycles. The number of thioether (sulfide) groups is 1. The lowest BCUT2D eigenvalue weighted by atomic mass is 9.95. The first-order valence-electron chi connectivity index (χ1n) is 6.74. The zero-order valence-corrected chi connectivity index (χ0v) is 13.3. The van der Waals surface area contributed by atoms with Gasteiger partial charge in [0.05, 0.1) is 10.5 Å². The predicted molar refractivity (Wildman–Crippen MR) is 84.3 cm³/mol. The van der Waals surface area contributed by atoms with Crippen LogP contribution in [0, 0.1) is 10.1 Å². The van der Waals surface area contributed by atoms with Gasteiger partial charge in [0.1, 0.15) is 0 Å². The zero-order chi connectivity index (χ0) is 16.0. The molecule has 0 aliphatic rings. The largest absolute Gasteiger partial charge is 0.368 e. The lowest BCUT2D eigenvalue weighted by Gasteiger charge is -2.29. The number of non-ortho nitro benzene ring substituents is 1. The minimum absolute atomic E-state index is 0.0710. The monoisotopic (exact) mass is 311 g/mol. The summed E-state index contributed by atoms with van der Waals surface area (Å²) < 4.78 is 0. The van der Waals surface area contributed by atoms with Crippen molar-refractivity contribution >= 4 is 23.4 Å². The van der Waals surface area contributed by atoms with Crippen molar-refractivity contribution in [1.82, 2.24) is 5.32 Å². The van der Waals surface area contributed by atoms with Gasteiger partial charge in [-0.1, -0.05) is 13.8 Å². The number of nitrogens with zero attached hydrogens (tertiary/aromatic N) is 1. The normalized spacial score (nSPS) is 15.2. The molecule has 0 heterocycles. The molecule has 2 atom stereocenters. The van der Waals surface area contributed by atoms with Crippen LogP contribution in [0.15, 0.2) is 29.2 Å².